The number of nitrogens with one attached hydrogen (secondary N) is 6. The van der Waals surface area contributed by atoms with E-state index in [1.165, 1.54) is 0 Å². The standard InChI is InChI=1S/C26H36N4O4.C24H36N8O2/c1-15(27-5)23(31)29-22(26(2,3)4)25(33)30-12-10-16-6-8-19(21(16)30)28-24(32)18-7-9-20-17(14-18)11-13-34-20;1-15(25-5)21(33)27-20(24(2,3)4)22(34)31-14-13-16-11-12-18(19(16)31)26-23-28-29-30-32(23)17-9-7-6-8-10-17/h7,9,11,13-16,19,21-22,27H,6,8,10,12H2,1-5H3,(H,28,32)(H,29,31);6-10,15-16,18-20,25H,11-14H2,1-5H3,(H,27,33)(H,26,28,30)/t15-,16+,19-,21-,22+;15-,16+,18-,19-,20+/m00/s1. The fourth-order valence-corrected chi connectivity index (χ4v) is 10.4. The molecule has 4 aromatic rings. The van der Waals surface area contributed by atoms with Gasteiger partial charge in [-0.3, -0.25) is 24.0 Å². The molecule has 2 aromatic heterocycles. The topological polar surface area (TPSA) is 221 Å². The molecule has 0 unspecified atom stereocenters. The maximum absolute atomic E-state index is 13.8. The number of carbonyl (C=O) groups is 5. The quantitative estimate of drug-likeness (QED) is 0.111. The van der Waals surface area contributed by atoms with Crippen LogP contribution in [-0.2, 0) is 19.2 Å². The lowest BCUT2D eigenvalue weighted by Gasteiger charge is -2.37. The zero-order valence-electron chi connectivity index (χ0n) is 41.3. The molecule has 2 aliphatic heterocycles. The number of carbonyl (C=O) groups excluding carboxylic acids is 5. The number of rotatable bonds is 13. The van der Waals surface area contributed by atoms with Crippen LogP contribution >= 0.6 is 0 Å². The second kappa shape index (κ2) is 20.8. The number of hydrogen-bond donors (Lipinski definition) is 6. The van der Waals surface area contributed by atoms with E-state index in [1.54, 1.807) is 51.0 Å². The number of tetrazole rings is 1. The van der Waals surface area contributed by atoms with E-state index >= 15 is 0 Å². The van der Waals surface area contributed by atoms with Crippen molar-refractivity contribution < 1.29 is 28.4 Å². The maximum Gasteiger partial charge on any atom is 0.251 e. The van der Waals surface area contributed by atoms with Crippen molar-refractivity contribution in [3.8, 4) is 5.69 Å². The zero-order chi connectivity index (χ0) is 49.1. The number of likely N-dealkylation sites (N-methyl/N-ethyl adjacent to an activating group) is 2. The second-order valence-electron chi connectivity index (χ2n) is 21.2. The average Bonchev–Trinajstić information content (AvgIpc) is 4.18. The minimum Gasteiger partial charge on any atom is -0.464 e. The number of para-hydroxylation sites is 1. The smallest absolute Gasteiger partial charge is 0.251 e. The van der Waals surface area contributed by atoms with Gasteiger partial charge in [-0.2, -0.15) is 4.68 Å². The summed E-state index contributed by atoms with van der Waals surface area (Å²) in [6.45, 7) is 16.8. The summed E-state index contributed by atoms with van der Waals surface area (Å²) in [7, 11) is 3.46. The Labute approximate surface area is 399 Å². The third-order valence-corrected chi connectivity index (χ3v) is 14.5. The summed E-state index contributed by atoms with van der Waals surface area (Å²) in [5.41, 5.74) is 1.33. The summed E-state index contributed by atoms with van der Waals surface area (Å²) >= 11 is 0. The molecule has 2 saturated carbocycles. The first kappa shape index (κ1) is 50.0. The Balaban J connectivity index is 0.000000201. The second-order valence-corrected chi connectivity index (χ2v) is 21.2. The molecule has 2 saturated heterocycles. The molecular formula is C50H72N12O6. The highest BCUT2D eigenvalue weighted by Gasteiger charge is 2.51. The van der Waals surface area contributed by atoms with E-state index in [0.29, 0.717) is 36.4 Å². The van der Waals surface area contributed by atoms with Crippen molar-refractivity contribution in [3.05, 3.63) is 66.4 Å². The van der Waals surface area contributed by atoms with E-state index in [0.717, 1.165) is 55.2 Å². The lowest BCUT2D eigenvalue weighted by atomic mass is 9.85. The monoisotopic (exact) mass is 937 g/mol. The molecule has 0 spiro atoms. The van der Waals surface area contributed by atoms with Gasteiger partial charge in [0.05, 0.1) is 36.1 Å². The summed E-state index contributed by atoms with van der Waals surface area (Å²) in [4.78, 5) is 69.8. The predicted molar refractivity (Wildman–Crippen MR) is 260 cm³/mol. The Morgan fingerprint density at radius 1 is 0.691 bits per heavy atom. The van der Waals surface area contributed by atoms with Gasteiger partial charge in [0.1, 0.15) is 17.7 Å². The summed E-state index contributed by atoms with van der Waals surface area (Å²) in [5.74, 6) is 0.752. The van der Waals surface area contributed by atoms with Crippen LogP contribution in [0.3, 0.4) is 0 Å². The van der Waals surface area contributed by atoms with Gasteiger partial charge in [-0.1, -0.05) is 64.8 Å². The predicted octanol–water partition coefficient (Wildman–Crippen LogP) is 4.27. The van der Waals surface area contributed by atoms with Crippen molar-refractivity contribution in [3.63, 3.8) is 0 Å². The van der Waals surface area contributed by atoms with E-state index in [1.807, 2.05) is 93.8 Å². The third-order valence-electron chi connectivity index (χ3n) is 14.5. The van der Waals surface area contributed by atoms with Crippen LogP contribution < -0.4 is 31.9 Å². The molecule has 4 fully saturated rings. The number of hydrogen-bond acceptors (Lipinski definition) is 12. The van der Waals surface area contributed by atoms with E-state index in [2.05, 4.69) is 47.4 Å². The fraction of sp³-hybridized carbons (Fsp3) is 0.600. The number of nitrogens with zero attached hydrogens (tertiary/aromatic N) is 6. The van der Waals surface area contributed by atoms with E-state index in [9.17, 15) is 24.0 Å². The molecule has 10 atom stereocenters. The van der Waals surface area contributed by atoms with Crippen LogP contribution in [-0.4, -0.2) is 135 Å². The molecule has 18 heteroatoms. The number of benzene rings is 2. The molecule has 18 nitrogen and oxygen atoms in total. The van der Waals surface area contributed by atoms with Gasteiger partial charge in [0, 0.05) is 36.1 Å². The first-order valence-corrected chi connectivity index (χ1v) is 24.2. The van der Waals surface area contributed by atoms with Gasteiger partial charge in [-0.25, -0.2) is 0 Å². The average molecular weight is 937 g/mol. The van der Waals surface area contributed by atoms with Crippen LogP contribution in [0.2, 0.25) is 0 Å². The van der Waals surface area contributed by atoms with Crippen molar-refractivity contribution in [1.29, 1.82) is 0 Å². The molecule has 68 heavy (non-hydrogen) atoms. The molecule has 8 rings (SSSR count). The maximum atomic E-state index is 13.8. The fourth-order valence-electron chi connectivity index (χ4n) is 10.4. The summed E-state index contributed by atoms with van der Waals surface area (Å²) in [6.07, 6.45) is 7.28. The highest BCUT2D eigenvalue weighted by Crippen LogP contribution is 2.41. The van der Waals surface area contributed by atoms with Crippen molar-refractivity contribution >= 4 is 46.5 Å². The lowest BCUT2D eigenvalue weighted by molar-refractivity contribution is -0.141. The number of anilines is 1. The molecule has 2 aliphatic carbocycles. The van der Waals surface area contributed by atoms with E-state index in [-0.39, 0.29) is 59.7 Å². The first-order chi connectivity index (χ1) is 32.3. The largest absolute Gasteiger partial charge is 0.464 e. The van der Waals surface area contributed by atoms with Gasteiger partial charge in [-0.05, 0) is 136 Å². The highest BCUT2D eigenvalue weighted by molar-refractivity contribution is 5.98. The zero-order valence-corrected chi connectivity index (χ0v) is 41.3. The number of likely N-dealkylation sites (tertiary alicyclic amines) is 2. The summed E-state index contributed by atoms with van der Waals surface area (Å²) < 4.78 is 7.06. The molecule has 368 valence electrons. The Morgan fingerprint density at radius 3 is 1.78 bits per heavy atom. The van der Waals surface area contributed by atoms with Crippen LogP contribution in [0.15, 0.2) is 65.3 Å². The highest BCUT2D eigenvalue weighted by atomic mass is 16.3. The Bertz CT molecular complexity index is 2410. The minimum absolute atomic E-state index is 0.0204. The Kier molecular flexibility index (Phi) is 15.3. The van der Waals surface area contributed by atoms with Gasteiger partial charge in [0.25, 0.3) is 5.91 Å². The van der Waals surface area contributed by atoms with Crippen molar-refractivity contribution in [2.24, 2.45) is 22.7 Å². The number of furan rings is 1. The normalized spacial score (nSPS) is 24.0. The molecular weight excluding hydrogens is 865 g/mol. The van der Waals surface area contributed by atoms with E-state index < -0.39 is 29.0 Å². The third kappa shape index (κ3) is 10.9. The van der Waals surface area contributed by atoms with Crippen LogP contribution in [0.4, 0.5) is 5.95 Å². The molecule has 0 radical (unpaired) electrons. The number of amides is 5. The molecule has 5 amide bonds. The summed E-state index contributed by atoms with van der Waals surface area (Å²) in [6, 6.07) is 14.9. The van der Waals surface area contributed by atoms with Crippen molar-refractivity contribution in [2.75, 3.05) is 32.5 Å². The molecule has 6 N–H and O–H groups in total. The van der Waals surface area contributed by atoms with Gasteiger partial charge in [-0.15, -0.1) is 0 Å². The SMILES string of the molecule is CN[C@@H](C)C(=O)N[C@H](C(=O)N1CC[C@H]2CC[C@H](NC(=O)c3ccc4occc4c3)[C@H]21)C(C)(C)C.CN[C@@H](C)C(=O)N[C@H](C(=O)N1CC[C@H]2CC[C@H](Nc3nnnn3-c3ccccc3)[C@H]21)C(C)(C)C. The Morgan fingerprint density at radius 2 is 1.24 bits per heavy atom. The van der Waals surface area contributed by atoms with Gasteiger partial charge in [0.2, 0.25) is 29.6 Å². The molecule has 4 heterocycles. The van der Waals surface area contributed by atoms with Gasteiger partial charge < -0.3 is 46.1 Å². The first-order valence-electron chi connectivity index (χ1n) is 24.2. The number of fused-ring (bicyclic) bond motifs is 3. The lowest BCUT2D eigenvalue weighted by Crippen LogP contribution is -2.60. The van der Waals surface area contributed by atoms with Gasteiger partial charge in [0.15, 0.2) is 0 Å². The molecule has 2 aromatic carbocycles. The molecule has 4 aliphatic rings. The Hall–Kier alpha value is -5.88. The van der Waals surface area contributed by atoms with Crippen LogP contribution in [0, 0.1) is 22.7 Å². The summed E-state index contributed by atoms with van der Waals surface area (Å²) in [5, 5.41) is 31.7. The van der Waals surface area contributed by atoms with Crippen molar-refractivity contribution in [1.82, 2.24) is 56.6 Å². The number of aromatic nitrogens is 4. The van der Waals surface area contributed by atoms with Crippen LogP contribution in [0.25, 0.3) is 16.7 Å². The minimum atomic E-state index is -0.644. The van der Waals surface area contributed by atoms with Crippen LogP contribution in [0.1, 0.15) is 104 Å². The van der Waals surface area contributed by atoms with Crippen molar-refractivity contribution in [2.45, 2.75) is 142 Å². The van der Waals surface area contributed by atoms with Gasteiger partial charge >= 0.3 is 0 Å². The van der Waals surface area contributed by atoms with Crippen LogP contribution in [0.5, 0.6) is 0 Å². The molecule has 0 bridgehead atoms. The van der Waals surface area contributed by atoms with E-state index in [4.69, 9.17) is 4.42 Å².